The molecule has 0 radical (unpaired) electrons. The van der Waals surface area contributed by atoms with Crippen LogP contribution in [0.1, 0.15) is 0 Å². The van der Waals surface area contributed by atoms with Crippen LogP contribution in [0, 0.1) is 0 Å². The Bertz CT molecular complexity index is 535. The van der Waals surface area contributed by atoms with Crippen LogP contribution in [0.4, 0.5) is 17.1 Å². The van der Waals surface area contributed by atoms with Crippen LogP contribution in [-0.4, -0.2) is 34.3 Å². The van der Waals surface area contributed by atoms with E-state index in [0.29, 0.717) is 0 Å². The molecule has 0 aromatic heterocycles. The normalized spacial score (nSPS) is 10.0. The molecule has 0 spiro atoms. The monoisotopic (exact) mass is 285 g/mol. The Morgan fingerprint density at radius 1 is 0.810 bits per heavy atom. The second-order valence-electron chi connectivity index (χ2n) is 5.02. The van der Waals surface area contributed by atoms with Crippen molar-refractivity contribution in [2.24, 2.45) is 0 Å². The smallest absolute Gasteiger partial charge is 0.119 e. The Hall–Kier alpha value is -2.36. The van der Waals surface area contributed by atoms with Gasteiger partial charge in [0.05, 0.1) is 7.11 Å². The largest absolute Gasteiger partial charge is 0.497 e. The molecule has 0 fully saturated rings. The summed E-state index contributed by atoms with van der Waals surface area (Å²) in [5.41, 5.74) is 3.44. The molecular formula is C17H23N3O. The quantitative estimate of drug-likeness (QED) is 0.765. The van der Waals surface area contributed by atoms with Gasteiger partial charge in [-0.15, -0.1) is 0 Å². The Balaban J connectivity index is 1.73. The van der Waals surface area contributed by atoms with Gasteiger partial charge < -0.3 is 20.3 Å². The van der Waals surface area contributed by atoms with E-state index in [1.165, 1.54) is 5.69 Å². The van der Waals surface area contributed by atoms with Crippen LogP contribution >= 0.6 is 0 Å². The number of methoxy groups -OCH3 is 1. The summed E-state index contributed by atoms with van der Waals surface area (Å²) >= 11 is 0. The van der Waals surface area contributed by atoms with Gasteiger partial charge in [-0.25, -0.2) is 0 Å². The van der Waals surface area contributed by atoms with E-state index < -0.39 is 0 Å². The number of ether oxygens (including phenoxy) is 1. The Kier molecular flexibility index (Phi) is 5.32. The third-order valence-corrected chi connectivity index (χ3v) is 3.26. The van der Waals surface area contributed by atoms with Gasteiger partial charge in [0, 0.05) is 44.2 Å². The number of nitrogens with one attached hydrogen (secondary N) is 2. The molecule has 4 heteroatoms. The lowest BCUT2D eigenvalue weighted by Gasteiger charge is -2.13. The number of benzene rings is 2. The Morgan fingerprint density at radius 3 is 1.71 bits per heavy atom. The lowest BCUT2D eigenvalue weighted by Crippen LogP contribution is -2.13. The average molecular weight is 285 g/mol. The maximum atomic E-state index is 5.14. The van der Waals surface area contributed by atoms with Crippen LogP contribution in [0.15, 0.2) is 48.5 Å². The Labute approximate surface area is 126 Å². The molecule has 0 unspecified atom stereocenters. The lowest BCUT2D eigenvalue weighted by molar-refractivity contribution is 0.415. The predicted octanol–water partition coefficient (Wildman–Crippen LogP) is 3.29. The van der Waals surface area contributed by atoms with Crippen LogP contribution in [0.2, 0.25) is 0 Å². The van der Waals surface area contributed by atoms with Gasteiger partial charge in [-0.1, -0.05) is 0 Å². The lowest BCUT2D eigenvalue weighted by atomic mass is 10.2. The summed E-state index contributed by atoms with van der Waals surface area (Å²) < 4.78 is 5.14. The van der Waals surface area contributed by atoms with Gasteiger partial charge in [0.1, 0.15) is 5.75 Å². The van der Waals surface area contributed by atoms with Gasteiger partial charge in [-0.05, 0) is 48.5 Å². The molecule has 0 heterocycles. The number of rotatable bonds is 7. The number of nitrogens with zero attached hydrogens (tertiary/aromatic N) is 1. The maximum Gasteiger partial charge on any atom is 0.119 e. The number of hydrogen-bond acceptors (Lipinski definition) is 4. The van der Waals surface area contributed by atoms with Crippen molar-refractivity contribution in [2.75, 3.05) is 49.8 Å². The highest BCUT2D eigenvalue weighted by atomic mass is 16.5. The van der Waals surface area contributed by atoms with Crippen molar-refractivity contribution in [2.45, 2.75) is 0 Å². The standard InChI is InChI=1S/C17H23N3O/c1-20(2)16-8-4-14(5-9-16)18-12-13-19-15-6-10-17(21-3)11-7-15/h4-11,18-19H,12-13H2,1-3H3. The summed E-state index contributed by atoms with van der Waals surface area (Å²) in [5, 5.41) is 6.77. The second kappa shape index (κ2) is 7.43. The van der Waals surface area contributed by atoms with Crippen molar-refractivity contribution in [3.63, 3.8) is 0 Å². The van der Waals surface area contributed by atoms with Gasteiger partial charge >= 0.3 is 0 Å². The minimum Gasteiger partial charge on any atom is -0.497 e. The zero-order valence-electron chi connectivity index (χ0n) is 12.9. The van der Waals surface area contributed by atoms with E-state index in [4.69, 9.17) is 4.74 Å². The van der Waals surface area contributed by atoms with Crippen molar-refractivity contribution in [3.8, 4) is 5.75 Å². The van der Waals surface area contributed by atoms with Crippen LogP contribution in [0.5, 0.6) is 5.75 Å². The fourth-order valence-electron chi connectivity index (χ4n) is 2.00. The molecule has 21 heavy (non-hydrogen) atoms. The second-order valence-corrected chi connectivity index (χ2v) is 5.02. The van der Waals surface area contributed by atoms with Crippen molar-refractivity contribution < 1.29 is 4.74 Å². The first-order valence-electron chi connectivity index (χ1n) is 7.08. The fraction of sp³-hybridized carbons (Fsp3) is 0.294. The third kappa shape index (κ3) is 4.60. The predicted molar refractivity (Wildman–Crippen MR) is 90.7 cm³/mol. The fourth-order valence-corrected chi connectivity index (χ4v) is 2.00. The molecule has 0 aliphatic rings. The van der Waals surface area contributed by atoms with Gasteiger partial charge in [-0.2, -0.15) is 0 Å². The van der Waals surface area contributed by atoms with E-state index in [0.717, 1.165) is 30.2 Å². The maximum absolute atomic E-state index is 5.14. The topological polar surface area (TPSA) is 36.5 Å². The van der Waals surface area contributed by atoms with Crippen molar-refractivity contribution in [1.82, 2.24) is 0 Å². The molecule has 0 aliphatic carbocycles. The molecule has 0 amide bonds. The SMILES string of the molecule is COc1ccc(NCCNc2ccc(N(C)C)cc2)cc1. The van der Waals surface area contributed by atoms with E-state index in [-0.39, 0.29) is 0 Å². The van der Waals surface area contributed by atoms with Gasteiger partial charge in [-0.3, -0.25) is 0 Å². The van der Waals surface area contributed by atoms with Crippen LogP contribution in [0.25, 0.3) is 0 Å². The van der Waals surface area contributed by atoms with Crippen LogP contribution in [-0.2, 0) is 0 Å². The molecule has 0 saturated heterocycles. The zero-order chi connectivity index (χ0) is 15.1. The summed E-state index contributed by atoms with van der Waals surface area (Å²) in [6.45, 7) is 1.73. The molecule has 0 aliphatic heterocycles. The van der Waals surface area contributed by atoms with E-state index in [1.807, 2.05) is 38.4 Å². The molecule has 2 N–H and O–H groups in total. The summed E-state index contributed by atoms with van der Waals surface area (Å²) in [6, 6.07) is 16.4. The molecular weight excluding hydrogens is 262 g/mol. The molecule has 0 bridgehead atoms. The van der Waals surface area contributed by atoms with E-state index in [2.05, 4.69) is 39.8 Å². The van der Waals surface area contributed by atoms with E-state index in [1.54, 1.807) is 7.11 Å². The molecule has 0 saturated carbocycles. The van der Waals surface area contributed by atoms with Crippen molar-refractivity contribution in [3.05, 3.63) is 48.5 Å². The number of hydrogen-bond donors (Lipinski definition) is 2. The summed E-state index contributed by atoms with van der Waals surface area (Å²) in [7, 11) is 5.76. The highest BCUT2D eigenvalue weighted by Crippen LogP contribution is 2.16. The van der Waals surface area contributed by atoms with E-state index >= 15 is 0 Å². The minimum atomic E-state index is 0.863. The first-order chi connectivity index (χ1) is 10.2. The van der Waals surface area contributed by atoms with Gasteiger partial charge in [0.15, 0.2) is 0 Å². The van der Waals surface area contributed by atoms with Crippen LogP contribution in [0.3, 0.4) is 0 Å². The van der Waals surface area contributed by atoms with Gasteiger partial charge in [0.25, 0.3) is 0 Å². The first kappa shape index (κ1) is 15.0. The molecule has 2 rings (SSSR count). The third-order valence-electron chi connectivity index (χ3n) is 3.26. The van der Waals surface area contributed by atoms with Gasteiger partial charge in [0.2, 0.25) is 0 Å². The molecule has 112 valence electrons. The highest BCUT2D eigenvalue weighted by molar-refractivity contribution is 5.54. The first-order valence-corrected chi connectivity index (χ1v) is 7.08. The summed E-state index contributed by atoms with van der Waals surface area (Å²) in [5.74, 6) is 0.875. The highest BCUT2D eigenvalue weighted by Gasteiger charge is 1.96. The van der Waals surface area contributed by atoms with Crippen LogP contribution < -0.4 is 20.3 Å². The Morgan fingerprint density at radius 2 is 1.29 bits per heavy atom. The molecule has 2 aromatic rings. The zero-order valence-corrected chi connectivity index (χ0v) is 12.9. The number of anilines is 3. The summed E-state index contributed by atoms with van der Waals surface area (Å²) in [4.78, 5) is 2.09. The minimum absolute atomic E-state index is 0.863. The summed E-state index contributed by atoms with van der Waals surface area (Å²) in [6.07, 6.45) is 0. The molecule has 2 aromatic carbocycles. The van der Waals surface area contributed by atoms with E-state index in [9.17, 15) is 0 Å². The van der Waals surface area contributed by atoms with Crippen molar-refractivity contribution >= 4 is 17.1 Å². The van der Waals surface area contributed by atoms with Crippen molar-refractivity contribution in [1.29, 1.82) is 0 Å². The molecule has 0 atom stereocenters. The molecule has 4 nitrogen and oxygen atoms in total. The average Bonchev–Trinajstić information content (AvgIpc) is 2.52.